The smallest absolute Gasteiger partial charge is 0.132 e. The van der Waals surface area contributed by atoms with Gasteiger partial charge in [0, 0.05) is 5.56 Å². The highest BCUT2D eigenvalue weighted by Gasteiger charge is 2.28. The summed E-state index contributed by atoms with van der Waals surface area (Å²) in [5.41, 5.74) is 3.37. The molecule has 2 atom stereocenters. The lowest BCUT2D eigenvalue weighted by Crippen LogP contribution is -2.44. The van der Waals surface area contributed by atoms with Gasteiger partial charge >= 0.3 is 0 Å². The van der Waals surface area contributed by atoms with Gasteiger partial charge < -0.3 is 5.32 Å². The van der Waals surface area contributed by atoms with Crippen LogP contribution >= 0.6 is 0 Å². The molecule has 0 aromatic heterocycles. The molecule has 0 radical (unpaired) electrons. The summed E-state index contributed by atoms with van der Waals surface area (Å²) in [7, 11) is 1.69. The number of benzene rings is 1. The number of hydrogen-bond acceptors (Lipinski definition) is 5. The van der Waals surface area contributed by atoms with Crippen LogP contribution in [0.25, 0.3) is 0 Å². The molecule has 1 aromatic rings. The first-order chi connectivity index (χ1) is 11.7. The molecule has 1 aliphatic heterocycles. The van der Waals surface area contributed by atoms with Gasteiger partial charge in [0.2, 0.25) is 0 Å². The number of anilines is 1. The van der Waals surface area contributed by atoms with E-state index in [9.17, 15) is 0 Å². The van der Waals surface area contributed by atoms with Crippen LogP contribution in [0.4, 0.5) is 5.69 Å². The summed E-state index contributed by atoms with van der Waals surface area (Å²) in [6.45, 7) is 5.46. The maximum Gasteiger partial charge on any atom is 0.132 e. The van der Waals surface area contributed by atoms with Gasteiger partial charge in [-0.1, -0.05) is 24.5 Å². The second-order valence-corrected chi connectivity index (χ2v) is 6.39. The molecule has 2 aliphatic rings. The molecule has 0 spiro atoms. The van der Waals surface area contributed by atoms with Crippen molar-refractivity contribution < 1.29 is 4.84 Å². The summed E-state index contributed by atoms with van der Waals surface area (Å²) >= 11 is 0. The Labute approximate surface area is 144 Å². The molecule has 0 saturated heterocycles. The van der Waals surface area contributed by atoms with E-state index in [0.717, 1.165) is 36.5 Å². The number of hydroxylamine groups is 1. The van der Waals surface area contributed by atoms with E-state index in [4.69, 9.17) is 9.83 Å². The number of amidine groups is 1. The predicted molar refractivity (Wildman–Crippen MR) is 96.6 cm³/mol. The van der Waals surface area contributed by atoms with Crippen LogP contribution < -0.4 is 10.4 Å². The van der Waals surface area contributed by atoms with Crippen molar-refractivity contribution in [1.29, 1.82) is 0 Å². The molecule has 0 unspecified atom stereocenters. The van der Waals surface area contributed by atoms with E-state index in [0.29, 0.717) is 6.67 Å². The number of rotatable bonds is 4. The van der Waals surface area contributed by atoms with Crippen molar-refractivity contribution in [2.75, 3.05) is 25.4 Å². The number of hydrogen-bond donors (Lipinski definition) is 1. The van der Waals surface area contributed by atoms with Crippen molar-refractivity contribution in [2.45, 2.75) is 51.6 Å². The molecule has 1 aliphatic carbocycles. The highest BCUT2D eigenvalue weighted by atomic mass is 16.7. The summed E-state index contributed by atoms with van der Waals surface area (Å²) in [5, 5.41) is 14.0. The summed E-state index contributed by atoms with van der Waals surface area (Å²) in [6.07, 6.45) is 4.59. The van der Waals surface area contributed by atoms with Crippen LogP contribution in [0.2, 0.25) is 0 Å². The highest BCUT2D eigenvalue weighted by Crippen LogP contribution is 2.28. The standard InChI is InChI=1S/C18H27N5O/c1-4-20-22-16-8-6-5-7-15(16)21-18-14-11-13(2)9-10-17(14)23(24-3)12-19-18/h9-11,15-16H,4-8,12H2,1-3H3,(H,19,21)/t15-,16+/m0/s1. The minimum Gasteiger partial charge on any atom is -0.350 e. The van der Waals surface area contributed by atoms with Crippen LogP contribution in [0.5, 0.6) is 0 Å². The van der Waals surface area contributed by atoms with E-state index in [2.05, 4.69) is 40.7 Å². The number of aliphatic imine (C=N–C) groups is 1. The number of azo groups is 1. The molecule has 1 heterocycles. The molecular formula is C18H27N5O. The van der Waals surface area contributed by atoms with Crippen LogP contribution in [-0.4, -0.2) is 38.2 Å². The molecule has 1 saturated carbocycles. The Balaban J connectivity index is 1.92. The van der Waals surface area contributed by atoms with Gasteiger partial charge in [0.25, 0.3) is 0 Å². The lowest BCUT2D eigenvalue weighted by atomic mass is 9.91. The molecule has 1 N–H and O–H groups in total. The largest absolute Gasteiger partial charge is 0.350 e. The lowest BCUT2D eigenvalue weighted by Gasteiger charge is -2.32. The van der Waals surface area contributed by atoms with Gasteiger partial charge in [-0.05, 0) is 38.8 Å². The fraction of sp³-hybridized carbons (Fsp3) is 0.611. The van der Waals surface area contributed by atoms with Crippen molar-refractivity contribution in [2.24, 2.45) is 15.2 Å². The molecule has 0 bridgehead atoms. The van der Waals surface area contributed by atoms with Crippen molar-refractivity contribution >= 4 is 11.5 Å². The lowest BCUT2D eigenvalue weighted by molar-refractivity contribution is 0.163. The van der Waals surface area contributed by atoms with Gasteiger partial charge in [-0.3, -0.25) is 9.83 Å². The van der Waals surface area contributed by atoms with Gasteiger partial charge in [0.15, 0.2) is 0 Å². The normalized spacial score (nSPS) is 25.8. The van der Waals surface area contributed by atoms with Gasteiger partial charge in [-0.2, -0.15) is 10.2 Å². The second kappa shape index (κ2) is 7.75. The van der Waals surface area contributed by atoms with E-state index in [-0.39, 0.29) is 12.1 Å². The Morgan fingerprint density at radius 1 is 1.25 bits per heavy atom. The Morgan fingerprint density at radius 3 is 2.79 bits per heavy atom. The number of aryl methyl sites for hydroxylation is 1. The zero-order valence-corrected chi connectivity index (χ0v) is 14.8. The topological polar surface area (TPSA) is 61.6 Å². The molecule has 6 nitrogen and oxygen atoms in total. The van der Waals surface area contributed by atoms with Crippen LogP contribution in [0.15, 0.2) is 33.4 Å². The fourth-order valence-corrected chi connectivity index (χ4v) is 3.39. The van der Waals surface area contributed by atoms with Crippen molar-refractivity contribution in [3.8, 4) is 0 Å². The first-order valence-electron chi connectivity index (χ1n) is 8.84. The van der Waals surface area contributed by atoms with Crippen LogP contribution in [-0.2, 0) is 4.84 Å². The Hall–Kier alpha value is -1.95. The Bertz CT molecular complexity index is 628. The van der Waals surface area contributed by atoms with E-state index in [1.165, 1.54) is 18.4 Å². The van der Waals surface area contributed by atoms with E-state index in [1.54, 1.807) is 7.11 Å². The van der Waals surface area contributed by atoms with Gasteiger partial charge in [-0.15, -0.1) is 0 Å². The minimum absolute atomic E-state index is 0.207. The van der Waals surface area contributed by atoms with Crippen LogP contribution in [0, 0.1) is 6.92 Å². The molecular weight excluding hydrogens is 302 g/mol. The zero-order chi connectivity index (χ0) is 16.9. The first-order valence-corrected chi connectivity index (χ1v) is 8.84. The monoisotopic (exact) mass is 329 g/mol. The summed E-state index contributed by atoms with van der Waals surface area (Å²) in [6, 6.07) is 6.78. The molecule has 0 amide bonds. The van der Waals surface area contributed by atoms with Crippen LogP contribution in [0.3, 0.4) is 0 Å². The first kappa shape index (κ1) is 16.9. The van der Waals surface area contributed by atoms with Crippen molar-refractivity contribution in [1.82, 2.24) is 5.32 Å². The summed E-state index contributed by atoms with van der Waals surface area (Å²) in [4.78, 5) is 10.5. The van der Waals surface area contributed by atoms with E-state index in [1.807, 2.05) is 12.0 Å². The minimum atomic E-state index is 0.207. The number of nitrogens with one attached hydrogen (secondary N) is 1. The van der Waals surface area contributed by atoms with Gasteiger partial charge in [0.05, 0.1) is 31.4 Å². The third-order valence-electron chi connectivity index (χ3n) is 4.65. The average Bonchev–Trinajstić information content (AvgIpc) is 2.61. The molecule has 1 aromatic carbocycles. The van der Waals surface area contributed by atoms with Gasteiger partial charge in [-0.25, -0.2) is 5.06 Å². The summed E-state index contributed by atoms with van der Waals surface area (Å²) in [5.74, 6) is 0.950. The molecule has 3 rings (SSSR count). The Morgan fingerprint density at radius 2 is 2.04 bits per heavy atom. The SMILES string of the molecule is CCN=N[C@@H]1CCCC[C@@H]1N=C1NCN(OC)c2ccc(C)cc21. The fourth-order valence-electron chi connectivity index (χ4n) is 3.39. The van der Waals surface area contributed by atoms with Gasteiger partial charge in [0.1, 0.15) is 12.5 Å². The molecule has 6 heteroatoms. The number of nitrogens with zero attached hydrogens (tertiary/aromatic N) is 4. The second-order valence-electron chi connectivity index (χ2n) is 6.39. The molecule has 1 fully saturated rings. The molecule has 24 heavy (non-hydrogen) atoms. The Kier molecular flexibility index (Phi) is 5.45. The van der Waals surface area contributed by atoms with E-state index >= 15 is 0 Å². The quantitative estimate of drug-likeness (QED) is 0.861. The van der Waals surface area contributed by atoms with Crippen LogP contribution in [0.1, 0.15) is 43.7 Å². The zero-order valence-electron chi connectivity index (χ0n) is 14.8. The highest BCUT2D eigenvalue weighted by molar-refractivity contribution is 6.05. The average molecular weight is 329 g/mol. The third-order valence-corrected chi connectivity index (χ3v) is 4.65. The maximum absolute atomic E-state index is 5.45. The molecule has 130 valence electrons. The summed E-state index contributed by atoms with van der Waals surface area (Å²) < 4.78 is 0. The third kappa shape index (κ3) is 3.59. The predicted octanol–water partition coefficient (Wildman–Crippen LogP) is 3.45. The van der Waals surface area contributed by atoms with E-state index < -0.39 is 0 Å². The number of fused-ring (bicyclic) bond motifs is 1. The maximum atomic E-state index is 5.45. The van der Waals surface area contributed by atoms with Crippen molar-refractivity contribution in [3.63, 3.8) is 0 Å². The van der Waals surface area contributed by atoms with Crippen molar-refractivity contribution in [3.05, 3.63) is 29.3 Å².